The normalized spacial score (nSPS) is 14.5. The first-order chi connectivity index (χ1) is 15.2. The maximum atomic E-state index is 12.6. The summed E-state index contributed by atoms with van der Waals surface area (Å²) < 4.78 is 2.12. The number of aromatic nitrogens is 4. The molecule has 31 heavy (non-hydrogen) atoms. The van der Waals surface area contributed by atoms with Crippen molar-refractivity contribution in [3.63, 3.8) is 0 Å². The molecule has 0 bridgehead atoms. The molecule has 8 heteroatoms. The summed E-state index contributed by atoms with van der Waals surface area (Å²) in [6, 6.07) is 2.22. The van der Waals surface area contributed by atoms with E-state index in [1.165, 1.54) is 24.1 Å². The molecule has 1 amide bonds. The van der Waals surface area contributed by atoms with Crippen molar-refractivity contribution in [1.82, 2.24) is 24.4 Å². The van der Waals surface area contributed by atoms with Gasteiger partial charge in [-0.25, -0.2) is 15.0 Å². The summed E-state index contributed by atoms with van der Waals surface area (Å²) in [5, 5.41) is 1.15. The SMILES string of the molecule is CCc1cc2c(N3CCN(C(=O)CCCCCCCn4ccnc4)CC3)ncnc2s1. The number of nitrogens with zero attached hydrogens (tertiary/aromatic N) is 6. The van der Waals surface area contributed by atoms with Gasteiger partial charge in [0.25, 0.3) is 0 Å². The van der Waals surface area contributed by atoms with E-state index in [2.05, 4.69) is 37.4 Å². The Morgan fingerprint density at radius 3 is 2.65 bits per heavy atom. The lowest BCUT2D eigenvalue weighted by atomic mass is 10.1. The van der Waals surface area contributed by atoms with E-state index >= 15 is 0 Å². The van der Waals surface area contributed by atoms with Crippen LogP contribution in [0.5, 0.6) is 0 Å². The number of piperazine rings is 1. The molecule has 7 nitrogen and oxygen atoms in total. The van der Waals surface area contributed by atoms with Crippen LogP contribution in [-0.4, -0.2) is 56.5 Å². The third-order valence-electron chi connectivity index (χ3n) is 6.01. The van der Waals surface area contributed by atoms with Crippen LogP contribution in [0.15, 0.2) is 31.1 Å². The molecule has 0 saturated carbocycles. The first-order valence-electron chi connectivity index (χ1n) is 11.5. The number of hydrogen-bond acceptors (Lipinski definition) is 6. The van der Waals surface area contributed by atoms with Gasteiger partial charge in [-0.05, 0) is 25.3 Å². The zero-order chi connectivity index (χ0) is 21.5. The lowest BCUT2D eigenvalue weighted by Gasteiger charge is -2.35. The van der Waals surface area contributed by atoms with E-state index in [-0.39, 0.29) is 0 Å². The van der Waals surface area contributed by atoms with Crippen LogP contribution in [0.4, 0.5) is 5.82 Å². The van der Waals surface area contributed by atoms with Gasteiger partial charge in [0.2, 0.25) is 5.91 Å². The number of hydrogen-bond donors (Lipinski definition) is 0. The van der Waals surface area contributed by atoms with Crippen molar-refractivity contribution in [3.05, 3.63) is 36.0 Å². The van der Waals surface area contributed by atoms with Gasteiger partial charge in [-0.3, -0.25) is 4.79 Å². The standard InChI is InChI=1S/C23H32N6OS/c1-2-19-16-20-22(25-17-26-23(20)31-19)29-14-12-28(13-15-29)21(30)8-6-4-3-5-7-10-27-11-9-24-18-27/h9,11,16-18H,2-8,10,12-15H2,1H3. The van der Waals surface area contributed by atoms with E-state index in [9.17, 15) is 4.79 Å². The van der Waals surface area contributed by atoms with Gasteiger partial charge in [0.05, 0.1) is 11.7 Å². The number of imidazole rings is 1. The van der Waals surface area contributed by atoms with Crippen LogP contribution >= 0.6 is 11.3 Å². The Hall–Kier alpha value is -2.48. The van der Waals surface area contributed by atoms with Gasteiger partial charge >= 0.3 is 0 Å². The monoisotopic (exact) mass is 440 g/mol. The van der Waals surface area contributed by atoms with Crippen molar-refractivity contribution in [1.29, 1.82) is 0 Å². The molecule has 0 aromatic carbocycles. The van der Waals surface area contributed by atoms with Gasteiger partial charge in [0.1, 0.15) is 17.0 Å². The van der Waals surface area contributed by atoms with E-state index < -0.39 is 0 Å². The van der Waals surface area contributed by atoms with Gasteiger partial charge in [0.15, 0.2) is 0 Å². The Bertz CT molecular complexity index is 962. The van der Waals surface area contributed by atoms with E-state index in [0.717, 1.165) is 68.0 Å². The van der Waals surface area contributed by atoms with Gasteiger partial charge in [-0.2, -0.15) is 0 Å². The van der Waals surface area contributed by atoms with Crippen molar-refractivity contribution in [2.24, 2.45) is 0 Å². The molecule has 1 fully saturated rings. The first kappa shape index (κ1) is 21.7. The van der Waals surface area contributed by atoms with Gasteiger partial charge in [-0.1, -0.05) is 26.2 Å². The van der Waals surface area contributed by atoms with Crippen LogP contribution in [0.3, 0.4) is 0 Å². The molecule has 0 atom stereocenters. The summed E-state index contributed by atoms with van der Waals surface area (Å²) in [5.74, 6) is 1.32. The molecule has 4 heterocycles. The third-order valence-corrected chi connectivity index (χ3v) is 7.19. The molecule has 0 aliphatic carbocycles. The fourth-order valence-corrected chi connectivity index (χ4v) is 5.09. The van der Waals surface area contributed by atoms with Crippen LogP contribution in [-0.2, 0) is 17.8 Å². The van der Waals surface area contributed by atoms with E-state index in [0.29, 0.717) is 12.3 Å². The molecule has 0 spiro atoms. The zero-order valence-electron chi connectivity index (χ0n) is 18.4. The number of anilines is 1. The van der Waals surface area contributed by atoms with Crippen molar-refractivity contribution in [2.75, 3.05) is 31.1 Å². The van der Waals surface area contributed by atoms with Crippen LogP contribution in [0.25, 0.3) is 10.2 Å². The molecule has 166 valence electrons. The second-order valence-electron chi connectivity index (χ2n) is 8.17. The van der Waals surface area contributed by atoms with E-state index in [1.807, 2.05) is 23.6 Å². The fourth-order valence-electron chi connectivity index (χ4n) is 4.16. The first-order valence-corrected chi connectivity index (χ1v) is 12.3. The lowest BCUT2D eigenvalue weighted by molar-refractivity contribution is -0.131. The summed E-state index contributed by atoms with van der Waals surface area (Å²) in [6.07, 6.45) is 14.8. The maximum absolute atomic E-state index is 12.6. The quantitative estimate of drug-likeness (QED) is 0.443. The molecule has 1 aliphatic rings. The molecule has 3 aromatic rings. The topological polar surface area (TPSA) is 67.2 Å². The summed E-state index contributed by atoms with van der Waals surface area (Å²) in [4.78, 5) is 32.4. The molecular weight excluding hydrogens is 408 g/mol. The summed E-state index contributed by atoms with van der Waals surface area (Å²) in [6.45, 7) is 6.43. The maximum Gasteiger partial charge on any atom is 0.222 e. The molecule has 0 N–H and O–H groups in total. The van der Waals surface area contributed by atoms with Gasteiger partial charge in [0, 0.05) is 56.4 Å². The van der Waals surface area contributed by atoms with Crippen molar-refractivity contribution in [3.8, 4) is 0 Å². The van der Waals surface area contributed by atoms with Crippen LogP contribution in [0.1, 0.15) is 50.3 Å². The minimum absolute atomic E-state index is 0.301. The van der Waals surface area contributed by atoms with Crippen molar-refractivity contribution < 1.29 is 4.79 Å². The Labute approximate surface area is 188 Å². The summed E-state index contributed by atoms with van der Waals surface area (Å²) in [5.41, 5.74) is 0. The number of carbonyl (C=O) groups excluding carboxylic acids is 1. The fraction of sp³-hybridized carbons (Fsp3) is 0.565. The molecule has 1 saturated heterocycles. The van der Waals surface area contributed by atoms with E-state index in [1.54, 1.807) is 17.7 Å². The van der Waals surface area contributed by atoms with Crippen LogP contribution < -0.4 is 4.90 Å². The molecule has 3 aromatic heterocycles. The Kier molecular flexibility index (Phi) is 7.51. The average molecular weight is 441 g/mol. The number of carbonyl (C=O) groups is 1. The minimum Gasteiger partial charge on any atom is -0.352 e. The lowest BCUT2D eigenvalue weighted by Crippen LogP contribution is -2.49. The number of fused-ring (bicyclic) bond motifs is 1. The smallest absolute Gasteiger partial charge is 0.222 e. The molecule has 0 unspecified atom stereocenters. The molecular formula is C23H32N6OS. The summed E-state index contributed by atoms with van der Waals surface area (Å²) in [7, 11) is 0. The average Bonchev–Trinajstić information content (AvgIpc) is 3.47. The third kappa shape index (κ3) is 5.61. The Balaban J connectivity index is 1.16. The number of rotatable bonds is 10. The predicted octanol–water partition coefficient (Wildman–Crippen LogP) is 4.14. The molecule has 1 aliphatic heterocycles. The largest absolute Gasteiger partial charge is 0.352 e. The van der Waals surface area contributed by atoms with E-state index in [4.69, 9.17) is 0 Å². The van der Waals surface area contributed by atoms with Crippen LogP contribution in [0, 0.1) is 0 Å². The van der Waals surface area contributed by atoms with Crippen LogP contribution in [0.2, 0.25) is 0 Å². The highest BCUT2D eigenvalue weighted by molar-refractivity contribution is 7.18. The number of thiophene rings is 1. The minimum atomic E-state index is 0.301. The second-order valence-corrected chi connectivity index (χ2v) is 9.28. The second kappa shape index (κ2) is 10.7. The predicted molar refractivity (Wildman–Crippen MR) is 126 cm³/mol. The number of aryl methyl sites for hydroxylation is 2. The Morgan fingerprint density at radius 1 is 1.06 bits per heavy atom. The highest BCUT2D eigenvalue weighted by Gasteiger charge is 2.23. The number of unbranched alkanes of at least 4 members (excludes halogenated alkanes) is 4. The molecule has 0 radical (unpaired) electrons. The number of amides is 1. The van der Waals surface area contributed by atoms with Gasteiger partial charge in [-0.15, -0.1) is 11.3 Å². The van der Waals surface area contributed by atoms with Crippen molar-refractivity contribution in [2.45, 2.75) is 58.4 Å². The summed E-state index contributed by atoms with van der Waals surface area (Å²) >= 11 is 1.75. The molecule has 4 rings (SSSR count). The Morgan fingerprint density at radius 2 is 1.87 bits per heavy atom. The van der Waals surface area contributed by atoms with Crippen molar-refractivity contribution >= 4 is 33.3 Å². The zero-order valence-corrected chi connectivity index (χ0v) is 19.2. The van der Waals surface area contributed by atoms with Gasteiger partial charge < -0.3 is 14.4 Å². The highest BCUT2D eigenvalue weighted by Crippen LogP contribution is 2.31. The highest BCUT2D eigenvalue weighted by atomic mass is 32.1.